The minimum Gasteiger partial charge on any atom is -0.361 e. The smallest absolute Gasteiger partial charge is 0.361 e. The van der Waals surface area contributed by atoms with E-state index in [1.54, 1.807) is 7.11 Å². The molecule has 0 aromatic carbocycles. The molecule has 1 atom stereocenters. The van der Waals surface area contributed by atoms with Crippen LogP contribution in [0.2, 0.25) is 6.04 Å². The Morgan fingerprint density at radius 3 is 2.78 bits per heavy atom. The summed E-state index contributed by atoms with van der Waals surface area (Å²) in [6.07, 6.45) is 0.972. The van der Waals surface area contributed by atoms with Gasteiger partial charge in [0.1, 0.15) is 0 Å². The van der Waals surface area contributed by atoms with Gasteiger partial charge in [-0.1, -0.05) is 0 Å². The zero-order valence-corrected chi connectivity index (χ0v) is 6.95. The van der Waals surface area contributed by atoms with E-state index in [9.17, 15) is 0 Å². The molecule has 0 aliphatic heterocycles. The van der Waals surface area contributed by atoms with Crippen LogP contribution in [-0.4, -0.2) is 29.7 Å². The van der Waals surface area contributed by atoms with Crippen molar-refractivity contribution >= 4 is 16.1 Å². The Labute approximate surface area is 57.4 Å². The molecule has 0 radical (unpaired) electrons. The highest BCUT2D eigenvalue weighted by Crippen LogP contribution is 1.93. The molecule has 0 spiro atoms. The first-order chi connectivity index (χ1) is 4.35. The molecule has 9 heavy (non-hydrogen) atoms. The number of carbonyl (C=O) groups excluding carboxylic acids is 1. The third-order valence-electron chi connectivity index (χ3n) is 1.09. The fraction of sp³-hybridized carbons (Fsp3) is 0.800. The summed E-state index contributed by atoms with van der Waals surface area (Å²) < 4.78 is 9.81. The first-order valence-electron chi connectivity index (χ1n) is 2.98. The highest BCUT2D eigenvalue weighted by molar-refractivity contribution is 6.41. The van der Waals surface area contributed by atoms with Crippen molar-refractivity contribution in [3.63, 3.8) is 0 Å². The van der Waals surface area contributed by atoms with Crippen molar-refractivity contribution in [1.82, 2.24) is 0 Å². The molecule has 0 fully saturated rings. The summed E-state index contributed by atoms with van der Waals surface area (Å²) >= 11 is 0. The van der Waals surface area contributed by atoms with E-state index in [-0.39, 0.29) is 0 Å². The van der Waals surface area contributed by atoms with Crippen LogP contribution in [0.15, 0.2) is 0 Å². The van der Waals surface area contributed by atoms with E-state index in [1.807, 2.05) is 0 Å². The van der Waals surface area contributed by atoms with E-state index >= 15 is 0 Å². The SMILES string of the molecule is C=[O+][SiH](CCCN)OC. The van der Waals surface area contributed by atoms with Crippen LogP contribution in [-0.2, 0) is 8.54 Å². The third kappa shape index (κ3) is 4.32. The maximum atomic E-state index is 5.28. The van der Waals surface area contributed by atoms with Gasteiger partial charge in [-0.05, 0) is 13.0 Å². The molecule has 0 rings (SSSR count). The summed E-state index contributed by atoms with van der Waals surface area (Å²) in [6, 6.07) is 0.955. The highest BCUT2D eigenvalue weighted by Gasteiger charge is 2.21. The maximum absolute atomic E-state index is 5.28. The van der Waals surface area contributed by atoms with Gasteiger partial charge in [0.15, 0.2) is 0 Å². The van der Waals surface area contributed by atoms with Crippen LogP contribution in [0, 0.1) is 0 Å². The fourth-order valence-electron chi connectivity index (χ4n) is 0.554. The van der Waals surface area contributed by atoms with Gasteiger partial charge >= 0.3 is 9.28 Å². The van der Waals surface area contributed by atoms with Gasteiger partial charge in [0.25, 0.3) is 0 Å². The van der Waals surface area contributed by atoms with E-state index in [1.165, 1.54) is 0 Å². The zero-order chi connectivity index (χ0) is 7.11. The number of hydrogen-bond acceptors (Lipinski definition) is 2. The van der Waals surface area contributed by atoms with Crippen molar-refractivity contribution in [2.45, 2.75) is 12.5 Å². The Hall–Kier alpha value is -0.193. The number of nitrogens with two attached hydrogens (primary N) is 1. The van der Waals surface area contributed by atoms with Gasteiger partial charge in [0, 0.05) is 7.11 Å². The fourth-order valence-corrected chi connectivity index (χ4v) is 1.66. The summed E-state index contributed by atoms with van der Waals surface area (Å²) in [5.41, 5.74) is 5.28. The third-order valence-corrected chi connectivity index (χ3v) is 2.87. The first-order valence-corrected chi connectivity index (χ1v) is 4.74. The monoisotopic (exact) mass is 148 g/mol. The summed E-state index contributed by atoms with van der Waals surface area (Å²) in [5.74, 6) is 0. The molecular weight excluding hydrogens is 134 g/mol. The summed E-state index contributed by atoms with van der Waals surface area (Å²) in [6.45, 7) is 4.01. The Morgan fingerprint density at radius 1 is 1.78 bits per heavy atom. The Balaban J connectivity index is 3.20. The highest BCUT2D eigenvalue weighted by atomic mass is 28.3. The van der Waals surface area contributed by atoms with Crippen LogP contribution in [0.1, 0.15) is 6.42 Å². The Morgan fingerprint density at radius 2 is 2.44 bits per heavy atom. The van der Waals surface area contributed by atoms with E-state index in [0.717, 1.165) is 12.5 Å². The van der Waals surface area contributed by atoms with Crippen molar-refractivity contribution in [3.8, 4) is 0 Å². The average Bonchev–Trinajstić information content (AvgIpc) is 1.91. The van der Waals surface area contributed by atoms with E-state index < -0.39 is 9.28 Å². The molecule has 4 heteroatoms. The largest absolute Gasteiger partial charge is 0.661 e. The molecule has 0 aromatic rings. The molecule has 0 aliphatic carbocycles. The second-order valence-electron chi connectivity index (χ2n) is 1.76. The van der Waals surface area contributed by atoms with E-state index in [2.05, 4.69) is 6.79 Å². The standard InChI is InChI=1S/C5H14NO2Si/c1-7-9(8-2)5-3-4-6/h9H,1,3-6H2,2H3/q+1. The molecule has 0 heterocycles. The van der Waals surface area contributed by atoms with Gasteiger partial charge in [-0.3, -0.25) is 0 Å². The lowest BCUT2D eigenvalue weighted by Gasteiger charge is -1.93. The quantitative estimate of drug-likeness (QED) is 0.424. The molecule has 0 aromatic heterocycles. The molecule has 2 N–H and O–H groups in total. The summed E-state index contributed by atoms with van der Waals surface area (Å²) in [7, 11) is 0.250. The first kappa shape index (κ1) is 8.81. The topological polar surface area (TPSA) is 46.5 Å². The lowest BCUT2D eigenvalue weighted by molar-refractivity contribution is -0.305. The Bertz CT molecular complexity index is 79.4. The van der Waals surface area contributed by atoms with Crippen LogP contribution in [0.4, 0.5) is 0 Å². The molecule has 0 aliphatic rings. The second kappa shape index (κ2) is 5.93. The van der Waals surface area contributed by atoms with Crippen molar-refractivity contribution in [2.75, 3.05) is 13.7 Å². The predicted octanol–water partition coefficient (Wildman–Crippen LogP) is -0.434. The lowest BCUT2D eigenvalue weighted by Crippen LogP contribution is -2.17. The number of hydrogen-bond donors (Lipinski definition) is 1. The van der Waals surface area contributed by atoms with E-state index in [0.29, 0.717) is 6.54 Å². The van der Waals surface area contributed by atoms with Crippen LogP contribution in [0.25, 0.3) is 0 Å². The van der Waals surface area contributed by atoms with Gasteiger partial charge in [-0.25, -0.2) is 0 Å². The van der Waals surface area contributed by atoms with Gasteiger partial charge in [0.05, 0.1) is 6.04 Å². The molecule has 0 saturated heterocycles. The van der Waals surface area contributed by atoms with E-state index in [4.69, 9.17) is 14.3 Å². The molecule has 0 amide bonds. The Kier molecular flexibility index (Phi) is 5.81. The molecule has 1 unspecified atom stereocenters. The van der Waals surface area contributed by atoms with Crippen molar-refractivity contribution in [2.24, 2.45) is 5.73 Å². The van der Waals surface area contributed by atoms with Gasteiger partial charge in [-0.15, -0.1) is 0 Å². The van der Waals surface area contributed by atoms with Gasteiger partial charge in [0.2, 0.25) is 6.79 Å². The molecule has 3 nitrogen and oxygen atoms in total. The van der Waals surface area contributed by atoms with Crippen LogP contribution < -0.4 is 5.73 Å². The number of rotatable bonds is 5. The van der Waals surface area contributed by atoms with Crippen molar-refractivity contribution < 1.29 is 8.54 Å². The average molecular weight is 148 g/mol. The molecule has 0 bridgehead atoms. The van der Waals surface area contributed by atoms with Crippen molar-refractivity contribution in [3.05, 3.63) is 0 Å². The van der Waals surface area contributed by atoms with Crippen LogP contribution >= 0.6 is 0 Å². The minimum absolute atomic E-state index is 0.705. The van der Waals surface area contributed by atoms with Crippen molar-refractivity contribution in [1.29, 1.82) is 0 Å². The molecule has 54 valence electrons. The minimum atomic E-state index is -1.40. The zero-order valence-electron chi connectivity index (χ0n) is 5.80. The van der Waals surface area contributed by atoms with Gasteiger partial charge in [-0.2, -0.15) is 0 Å². The van der Waals surface area contributed by atoms with Crippen LogP contribution in [0.3, 0.4) is 0 Å². The normalized spacial score (nSPS) is 13.1. The second-order valence-corrected chi connectivity index (χ2v) is 4.00. The lowest BCUT2D eigenvalue weighted by atomic mass is 10.5. The molecule has 0 saturated carbocycles. The summed E-state index contributed by atoms with van der Waals surface area (Å²) in [4.78, 5) is 0. The maximum Gasteiger partial charge on any atom is 0.661 e. The predicted molar refractivity (Wildman–Crippen MR) is 39.8 cm³/mol. The summed E-state index contributed by atoms with van der Waals surface area (Å²) in [5, 5.41) is 0. The molecular formula is C5H14NO2Si+. The van der Waals surface area contributed by atoms with Gasteiger partial charge < -0.3 is 14.3 Å². The van der Waals surface area contributed by atoms with Crippen LogP contribution in [0.5, 0.6) is 0 Å².